The van der Waals surface area contributed by atoms with Crippen LogP contribution in [0.1, 0.15) is 0 Å². The van der Waals surface area contributed by atoms with Crippen LogP contribution in [0.15, 0.2) is 28.0 Å². The molecule has 0 saturated carbocycles. The van der Waals surface area contributed by atoms with Crippen LogP contribution >= 0.6 is 0 Å². The maximum Gasteiger partial charge on any atom is 0.270 e. The Morgan fingerprint density at radius 2 is 1.62 bits per heavy atom. The highest BCUT2D eigenvalue weighted by molar-refractivity contribution is 8.14. The number of rotatable bonds is 1. The highest BCUT2D eigenvalue weighted by Crippen LogP contribution is 2.39. The first-order valence-electron chi connectivity index (χ1n) is 3.77. The number of non-ortho nitro benzene ring substituents is 1. The molecule has 1 aromatic rings. The summed E-state index contributed by atoms with van der Waals surface area (Å²) < 4.78 is 47.7. The lowest BCUT2D eigenvalue weighted by Gasteiger charge is -2.05. The summed E-state index contributed by atoms with van der Waals surface area (Å²) in [5.74, 6) is 0. The molecule has 86 valence electrons. The number of fused-ring (bicyclic) bond motifs is 1. The molecule has 0 aromatic heterocycles. The maximum absolute atomic E-state index is 11.3. The highest BCUT2D eigenvalue weighted by Gasteiger charge is 2.29. The Hall–Kier alpha value is -1.52. The summed E-state index contributed by atoms with van der Waals surface area (Å²) in [7, 11) is -8.58. The normalized spacial score (nSPS) is 20.2. The third kappa shape index (κ3) is 1.47. The second-order valence-corrected chi connectivity index (χ2v) is 6.29. The quantitative estimate of drug-likeness (QED) is 0.531. The third-order valence-electron chi connectivity index (χ3n) is 1.89. The standard InChI is InChI=1S/C6H3N2O6S2/c9-8(10)4-1-2-5-6(3-4)16(13,14)7-15(5,11)12/h1-3H/q-1. The minimum atomic E-state index is -4.34. The molecule has 0 atom stereocenters. The second-order valence-electron chi connectivity index (χ2n) is 2.91. The fourth-order valence-corrected chi connectivity index (χ4v) is 4.69. The number of nitro groups is 1. The van der Waals surface area contributed by atoms with E-state index in [0.29, 0.717) is 6.07 Å². The van der Waals surface area contributed by atoms with E-state index in [0.717, 1.165) is 12.1 Å². The average Bonchev–Trinajstić information content (AvgIpc) is 2.32. The van der Waals surface area contributed by atoms with Gasteiger partial charge in [-0.15, -0.1) is 0 Å². The van der Waals surface area contributed by atoms with Gasteiger partial charge in [-0.2, -0.15) is 0 Å². The number of sulfonamides is 2. The summed E-state index contributed by atoms with van der Waals surface area (Å²) in [6, 6.07) is 2.45. The summed E-state index contributed by atoms with van der Waals surface area (Å²) in [6.45, 7) is 0. The molecule has 1 heterocycles. The highest BCUT2D eigenvalue weighted by atomic mass is 32.3. The van der Waals surface area contributed by atoms with E-state index >= 15 is 0 Å². The van der Waals surface area contributed by atoms with E-state index in [9.17, 15) is 26.9 Å². The van der Waals surface area contributed by atoms with Gasteiger partial charge in [-0.25, -0.2) is 16.8 Å². The van der Waals surface area contributed by atoms with Gasteiger partial charge in [0.1, 0.15) is 20.0 Å². The molecule has 0 N–H and O–H groups in total. The molecule has 0 spiro atoms. The van der Waals surface area contributed by atoms with E-state index < -0.39 is 40.4 Å². The molecule has 0 radical (unpaired) electrons. The monoisotopic (exact) mass is 263 g/mol. The van der Waals surface area contributed by atoms with Crippen molar-refractivity contribution in [2.24, 2.45) is 0 Å². The fraction of sp³-hybridized carbons (Fsp3) is 0. The SMILES string of the molecule is O=[N+]([O-])c1ccc2c(c1)S(=O)(=O)[N-]S2(=O)=O. The zero-order chi connectivity index (χ0) is 12.1. The van der Waals surface area contributed by atoms with Crippen LogP contribution in [0.4, 0.5) is 5.69 Å². The van der Waals surface area contributed by atoms with Gasteiger partial charge in [0.15, 0.2) is 0 Å². The summed E-state index contributed by atoms with van der Waals surface area (Å²) in [4.78, 5) is 8.40. The van der Waals surface area contributed by atoms with Crippen molar-refractivity contribution in [2.45, 2.75) is 9.79 Å². The first-order chi connectivity index (χ1) is 7.24. The van der Waals surface area contributed by atoms with E-state index in [4.69, 9.17) is 0 Å². The molecular weight excluding hydrogens is 260 g/mol. The molecule has 0 unspecified atom stereocenters. The Bertz CT molecular complexity index is 690. The summed E-state index contributed by atoms with van der Waals surface area (Å²) in [5, 5.41) is 10.4. The van der Waals surface area contributed by atoms with Gasteiger partial charge < -0.3 is 4.13 Å². The number of hydrogen-bond acceptors (Lipinski definition) is 6. The molecule has 1 aromatic carbocycles. The number of hydrogen-bond donors (Lipinski definition) is 0. The van der Waals surface area contributed by atoms with Crippen LogP contribution in [0, 0.1) is 10.1 Å². The van der Waals surface area contributed by atoms with Crippen molar-refractivity contribution in [1.82, 2.24) is 0 Å². The minimum Gasteiger partial charge on any atom is -0.428 e. The zero-order valence-corrected chi connectivity index (χ0v) is 9.03. The second kappa shape index (κ2) is 2.99. The van der Waals surface area contributed by atoms with Crippen LogP contribution in [0.2, 0.25) is 0 Å². The lowest BCUT2D eigenvalue weighted by atomic mass is 10.3. The van der Waals surface area contributed by atoms with Crippen LogP contribution in [0.3, 0.4) is 0 Å². The van der Waals surface area contributed by atoms with Crippen LogP contribution in [0.5, 0.6) is 0 Å². The molecular formula is C6H3N2O6S2-. The molecule has 0 saturated heterocycles. The summed E-state index contributed by atoms with van der Waals surface area (Å²) in [5.41, 5.74) is -0.505. The molecule has 0 amide bonds. The lowest BCUT2D eigenvalue weighted by Crippen LogP contribution is -1.94. The van der Waals surface area contributed by atoms with Crippen molar-refractivity contribution in [3.8, 4) is 0 Å². The smallest absolute Gasteiger partial charge is 0.270 e. The van der Waals surface area contributed by atoms with E-state index in [1.54, 1.807) is 0 Å². The van der Waals surface area contributed by atoms with Crippen molar-refractivity contribution < 1.29 is 21.8 Å². The van der Waals surface area contributed by atoms with Crippen molar-refractivity contribution in [1.29, 1.82) is 0 Å². The predicted molar refractivity (Wildman–Crippen MR) is 50.8 cm³/mol. The molecule has 2 rings (SSSR count). The molecule has 10 heteroatoms. The maximum atomic E-state index is 11.3. The first-order valence-corrected chi connectivity index (χ1v) is 6.65. The Labute approximate surface area is 90.1 Å². The van der Waals surface area contributed by atoms with Crippen LogP contribution in [-0.4, -0.2) is 21.8 Å². The van der Waals surface area contributed by atoms with Gasteiger partial charge in [-0.3, -0.25) is 10.1 Å². The van der Waals surface area contributed by atoms with Gasteiger partial charge in [-0.1, -0.05) is 0 Å². The molecule has 0 aliphatic carbocycles. The Balaban J connectivity index is 2.84. The molecule has 0 bridgehead atoms. The first kappa shape index (κ1) is 11.0. The van der Waals surface area contributed by atoms with Crippen molar-refractivity contribution >= 4 is 25.7 Å². The van der Waals surface area contributed by atoms with E-state index in [2.05, 4.69) is 4.13 Å². The van der Waals surface area contributed by atoms with Crippen molar-refractivity contribution in [2.75, 3.05) is 0 Å². The zero-order valence-electron chi connectivity index (χ0n) is 7.39. The molecule has 0 fully saturated rings. The third-order valence-corrected chi connectivity index (χ3v) is 5.39. The fourth-order valence-electron chi connectivity index (χ4n) is 1.23. The van der Waals surface area contributed by atoms with Crippen molar-refractivity contribution in [3.63, 3.8) is 0 Å². The Morgan fingerprint density at radius 3 is 2.19 bits per heavy atom. The number of nitro benzene ring substituents is 1. The van der Waals surface area contributed by atoms with Crippen molar-refractivity contribution in [3.05, 3.63) is 32.4 Å². The summed E-state index contributed by atoms with van der Waals surface area (Å²) >= 11 is 0. The van der Waals surface area contributed by atoms with Crippen LogP contribution in [-0.2, 0) is 20.0 Å². The molecule has 8 nitrogen and oxygen atoms in total. The van der Waals surface area contributed by atoms with E-state index in [-0.39, 0.29) is 0 Å². The van der Waals surface area contributed by atoms with Crippen LogP contribution < -0.4 is 0 Å². The largest absolute Gasteiger partial charge is 0.428 e. The predicted octanol–water partition coefficient (Wildman–Crippen LogP) is 0.360. The molecule has 1 aliphatic rings. The van der Waals surface area contributed by atoms with Crippen LogP contribution in [0.25, 0.3) is 4.13 Å². The van der Waals surface area contributed by atoms with Gasteiger partial charge in [0.05, 0.1) is 14.7 Å². The van der Waals surface area contributed by atoms with E-state index in [1.807, 2.05) is 0 Å². The number of benzene rings is 1. The lowest BCUT2D eigenvalue weighted by molar-refractivity contribution is -0.385. The topological polar surface area (TPSA) is 126 Å². The van der Waals surface area contributed by atoms with Gasteiger partial charge in [-0.05, 0) is 6.07 Å². The number of nitrogens with zero attached hydrogens (tertiary/aromatic N) is 2. The van der Waals surface area contributed by atoms with Gasteiger partial charge in [0, 0.05) is 12.1 Å². The molecule has 1 aliphatic heterocycles. The average molecular weight is 263 g/mol. The minimum absolute atomic E-state index is 0.505. The molecule has 16 heavy (non-hydrogen) atoms. The van der Waals surface area contributed by atoms with E-state index in [1.165, 1.54) is 0 Å². The summed E-state index contributed by atoms with van der Waals surface area (Å²) in [6.07, 6.45) is 0. The van der Waals surface area contributed by atoms with Gasteiger partial charge in [0.2, 0.25) is 0 Å². The Morgan fingerprint density at radius 1 is 1.06 bits per heavy atom. The van der Waals surface area contributed by atoms with Gasteiger partial charge >= 0.3 is 0 Å². The van der Waals surface area contributed by atoms with Gasteiger partial charge in [0.25, 0.3) is 5.69 Å². The Kier molecular flexibility index (Phi) is 2.05.